The molecule has 1 heterocycles. The topological polar surface area (TPSA) is 24.9 Å². The van der Waals surface area contributed by atoms with E-state index in [0.29, 0.717) is 0 Å². The van der Waals surface area contributed by atoms with E-state index in [4.69, 9.17) is 11.6 Å². The van der Waals surface area contributed by atoms with Crippen LogP contribution in [0.3, 0.4) is 0 Å². The van der Waals surface area contributed by atoms with Crippen molar-refractivity contribution in [3.63, 3.8) is 0 Å². The van der Waals surface area contributed by atoms with Crippen LogP contribution >= 0.6 is 27.5 Å². The molecule has 1 N–H and O–H groups in total. The molecule has 2 nitrogen and oxygen atoms in total. The maximum absolute atomic E-state index is 5.84. The van der Waals surface area contributed by atoms with E-state index in [1.807, 2.05) is 30.3 Å². The number of halogens is 2. The first-order valence-corrected chi connectivity index (χ1v) is 6.98. The largest absolute Gasteiger partial charge is 0.311 e. The van der Waals surface area contributed by atoms with Gasteiger partial charge in [-0.1, -0.05) is 29.8 Å². The second kappa shape index (κ2) is 6.88. The van der Waals surface area contributed by atoms with Crippen LogP contribution < -0.4 is 5.32 Å². The summed E-state index contributed by atoms with van der Waals surface area (Å²) in [4.78, 5) is 4.37. The first-order chi connectivity index (χ1) is 8.74. The van der Waals surface area contributed by atoms with Gasteiger partial charge in [0, 0.05) is 11.6 Å². The van der Waals surface area contributed by atoms with Crippen LogP contribution in [0.15, 0.2) is 47.1 Å². The standard InChI is InChI=1S/C14H14BrClN2/c15-14-3-1-2-13(18-14)10-17-9-8-11-4-6-12(16)7-5-11/h1-7,17H,8-10H2. The normalized spacial score (nSPS) is 10.6. The summed E-state index contributed by atoms with van der Waals surface area (Å²) in [5.41, 5.74) is 2.33. The molecule has 18 heavy (non-hydrogen) atoms. The molecule has 0 saturated heterocycles. The average molecular weight is 326 g/mol. The Morgan fingerprint density at radius 1 is 1.11 bits per heavy atom. The van der Waals surface area contributed by atoms with E-state index in [9.17, 15) is 0 Å². The highest BCUT2D eigenvalue weighted by Crippen LogP contribution is 2.09. The first kappa shape index (κ1) is 13.5. The summed E-state index contributed by atoms with van der Waals surface area (Å²) < 4.78 is 0.875. The zero-order chi connectivity index (χ0) is 12.8. The zero-order valence-electron chi connectivity index (χ0n) is 9.87. The number of hydrogen-bond acceptors (Lipinski definition) is 2. The molecule has 0 amide bonds. The molecule has 0 aliphatic heterocycles. The van der Waals surface area contributed by atoms with Gasteiger partial charge < -0.3 is 5.32 Å². The molecule has 94 valence electrons. The lowest BCUT2D eigenvalue weighted by Crippen LogP contribution is -2.17. The fourth-order valence-corrected chi connectivity index (χ4v) is 2.16. The smallest absolute Gasteiger partial charge is 0.106 e. The van der Waals surface area contributed by atoms with Crippen molar-refractivity contribution in [1.29, 1.82) is 0 Å². The van der Waals surface area contributed by atoms with Crippen molar-refractivity contribution in [2.24, 2.45) is 0 Å². The van der Waals surface area contributed by atoms with Crippen LogP contribution in [-0.4, -0.2) is 11.5 Å². The molecular formula is C14H14BrClN2. The Morgan fingerprint density at radius 2 is 1.89 bits per heavy atom. The molecule has 0 atom stereocenters. The number of rotatable bonds is 5. The predicted molar refractivity (Wildman–Crippen MR) is 78.8 cm³/mol. The zero-order valence-corrected chi connectivity index (χ0v) is 12.2. The molecule has 0 spiro atoms. The minimum absolute atomic E-state index is 0.782. The van der Waals surface area contributed by atoms with E-state index < -0.39 is 0 Å². The summed E-state index contributed by atoms with van der Waals surface area (Å²) in [5, 5.41) is 4.16. The van der Waals surface area contributed by atoms with Gasteiger partial charge in [0.25, 0.3) is 0 Å². The summed E-state index contributed by atoms with van der Waals surface area (Å²) in [6.07, 6.45) is 0.991. The lowest BCUT2D eigenvalue weighted by Gasteiger charge is -2.05. The second-order valence-corrected chi connectivity index (χ2v) is 5.25. The van der Waals surface area contributed by atoms with Crippen molar-refractivity contribution in [3.8, 4) is 0 Å². The molecule has 0 unspecified atom stereocenters. The van der Waals surface area contributed by atoms with Gasteiger partial charge in [-0.15, -0.1) is 0 Å². The average Bonchev–Trinajstić information content (AvgIpc) is 2.37. The van der Waals surface area contributed by atoms with Gasteiger partial charge in [0.1, 0.15) is 4.60 Å². The van der Waals surface area contributed by atoms with Crippen LogP contribution in [0.4, 0.5) is 0 Å². The van der Waals surface area contributed by atoms with Crippen LogP contribution in [0, 0.1) is 0 Å². The van der Waals surface area contributed by atoms with Gasteiger partial charge in [-0.2, -0.15) is 0 Å². The number of nitrogens with one attached hydrogen (secondary N) is 1. The maximum Gasteiger partial charge on any atom is 0.106 e. The van der Waals surface area contributed by atoms with Gasteiger partial charge in [-0.05, 0) is 58.7 Å². The maximum atomic E-state index is 5.84. The van der Waals surface area contributed by atoms with Gasteiger partial charge in [0.2, 0.25) is 0 Å². The molecule has 1 aromatic heterocycles. The third-order valence-corrected chi connectivity index (χ3v) is 3.28. The van der Waals surface area contributed by atoms with Crippen molar-refractivity contribution in [3.05, 3.63) is 63.3 Å². The fourth-order valence-electron chi connectivity index (χ4n) is 1.65. The lowest BCUT2D eigenvalue weighted by molar-refractivity contribution is 0.674. The van der Waals surface area contributed by atoms with E-state index in [0.717, 1.165) is 34.8 Å². The highest BCUT2D eigenvalue weighted by atomic mass is 79.9. The fraction of sp³-hybridized carbons (Fsp3) is 0.214. The van der Waals surface area contributed by atoms with Crippen LogP contribution in [0.2, 0.25) is 5.02 Å². The van der Waals surface area contributed by atoms with E-state index in [2.05, 4.69) is 38.4 Å². The van der Waals surface area contributed by atoms with E-state index in [1.165, 1.54) is 5.56 Å². The lowest BCUT2D eigenvalue weighted by atomic mass is 10.1. The molecular weight excluding hydrogens is 312 g/mol. The van der Waals surface area contributed by atoms with Crippen molar-refractivity contribution >= 4 is 27.5 Å². The van der Waals surface area contributed by atoms with Crippen LogP contribution in [-0.2, 0) is 13.0 Å². The molecule has 1 aromatic carbocycles. The first-order valence-electron chi connectivity index (χ1n) is 5.80. The molecule has 2 rings (SSSR count). The number of hydrogen-bond donors (Lipinski definition) is 1. The Bertz CT molecular complexity index is 499. The molecule has 0 saturated carbocycles. The molecule has 4 heteroatoms. The summed E-state index contributed by atoms with van der Waals surface area (Å²) in [6.45, 7) is 1.71. The van der Waals surface area contributed by atoms with Crippen LogP contribution in [0.5, 0.6) is 0 Å². The third-order valence-electron chi connectivity index (χ3n) is 2.58. The Hall–Kier alpha value is -0.900. The highest BCUT2D eigenvalue weighted by Gasteiger charge is 1.96. The van der Waals surface area contributed by atoms with Crippen molar-refractivity contribution < 1.29 is 0 Å². The number of nitrogens with zero attached hydrogens (tertiary/aromatic N) is 1. The predicted octanol–water partition coefficient (Wildman–Crippen LogP) is 3.83. The molecule has 0 fully saturated rings. The SMILES string of the molecule is Clc1ccc(CCNCc2cccc(Br)n2)cc1. The van der Waals surface area contributed by atoms with E-state index in [1.54, 1.807) is 0 Å². The number of benzene rings is 1. The van der Waals surface area contributed by atoms with Crippen LogP contribution in [0.25, 0.3) is 0 Å². The second-order valence-electron chi connectivity index (χ2n) is 4.00. The monoisotopic (exact) mass is 324 g/mol. The van der Waals surface area contributed by atoms with Gasteiger partial charge in [-0.25, -0.2) is 4.98 Å². The minimum Gasteiger partial charge on any atom is -0.311 e. The summed E-state index contributed by atoms with van der Waals surface area (Å²) in [6, 6.07) is 13.9. The molecule has 0 aliphatic carbocycles. The van der Waals surface area contributed by atoms with E-state index in [-0.39, 0.29) is 0 Å². The third kappa shape index (κ3) is 4.41. The van der Waals surface area contributed by atoms with Crippen molar-refractivity contribution in [1.82, 2.24) is 10.3 Å². The Balaban J connectivity index is 1.74. The molecule has 0 bridgehead atoms. The van der Waals surface area contributed by atoms with Gasteiger partial charge in [0.15, 0.2) is 0 Å². The van der Waals surface area contributed by atoms with Crippen LogP contribution in [0.1, 0.15) is 11.3 Å². The highest BCUT2D eigenvalue weighted by molar-refractivity contribution is 9.10. The quantitative estimate of drug-likeness (QED) is 0.667. The minimum atomic E-state index is 0.782. The van der Waals surface area contributed by atoms with Crippen molar-refractivity contribution in [2.45, 2.75) is 13.0 Å². The summed E-state index contributed by atoms with van der Waals surface area (Å²) in [5.74, 6) is 0. The van der Waals surface area contributed by atoms with Gasteiger partial charge in [-0.3, -0.25) is 0 Å². The number of pyridine rings is 1. The molecule has 0 aliphatic rings. The van der Waals surface area contributed by atoms with Gasteiger partial charge >= 0.3 is 0 Å². The summed E-state index contributed by atoms with van der Waals surface area (Å²) >= 11 is 9.20. The Kier molecular flexibility index (Phi) is 5.17. The van der Waals surface area contributed by atoms with Gasteiger partial charge in [0.05, 0.1) is 5.69 Å². The molecule has 0 radical (unpaired) electrons. The van der Waals surface area contributed by atoms with E-state index >= 15 is 0 Å². The number of aromatic nitrogens is 1. The van der Waals surface area contributed by atoms with Crippen molar-refractivity contribution in [2.75, 3.05) is 6.54 Å². The Labute approximate surface area is 121 Å². The molecule has 2 aromatic rings. The Morgan fingerprint density at radius 3 is 2.61 bits per heavy atom. The summed E-state index contributed by atoms with van der Waals surface area (Å²) in [7, 11) is 0.